The van der Waals surface area contributed by atoms with Crippen LogP contribution >= 0.6 is 0 Å². The molecule has 2 aromatic rings. The Morgan fingerprint density at radius 3 is 2.58 bits per heavy atom. The molecule has 0 aliphatic heterocycles. The third kappa shape index (κ3) is 1.53. The zero-order valence-corrected chi connectivity index (χ0v) is 9.81. The molecule has 0 amide bonds. The van der Waals surface area contributed by atoms with Crippen molar-refractivity contribution >= 4 is 11.6 Å². The van der Waals surface area contributed by atoms with E-state index in [0.29, 0.717) is 11.1 Å². The standard InChI is InChI=1S/C13H7FN2O3/c1-19-13-10-8-4-6(14)2-3-7(8)11(17)12(18)9(10)5-15-16-13/h2-5H,1H3. The van der Waals surface area contributed by atoms with Crippen molar-refractivity contribution in [3.63, 3.8) is 0 Å². The first-order valence-corrected chi connectivity index (χ1v) is 5.42. The third-order valence-corrected chi connectivity index (χ3v) is 2.96. The predicted molar refractivity (Wildman–Crippen MR) is 62.6 cm³/mol. The summed E-state index contributed by atoms with van der Waals surface area (Å²) in [5, 5.41) is 7.35. The number of Topliss-reactive ketones (excluding diaryl/α,β-unsaturated/α-hetero) is 2. The Morgan fingerprint density at radius 1 is 1.11 bits per heavy atom. The summed E-state index contributed by atoms with van der Waals surface area (Å²) < 4.78 is 18.4. The smallest absolute Gasteiger partial charge is 0.241 e. The van der Waals surface area contributed by atoms with Gasteiger partial charge in [0.05, 0.1) is 24.4 Å². The van der Waals surface area contributed by atoms with Gasteiger partial charge in [-0.3, -0.25) is 9.59 Å². The van der Waals surface area contributed by atoms with Crippen LogP contribution in [-0.4, -0.2) is 28.9 Å². The van der Waals surface area contributed by atoms with Crippen LogP contribution in [0, 0.1) is 5.82 Å². The summed E-state index contributed by atoms with van der Waals surface area (Å²) in [4.78, 5) is 23.9. The van der Waals surface area contributed by atoms with E-state index < -0.39 is 17.4 Å². The molecular formula is C13H7FN2O3. The van der Waals surface area contributed by atoms with Crippen molar-refractivity contribution < 1.29 is 18.7 Å². The Labute approximate surface area is 107 Å². The number of benzene rings is 1. The van der Waals surface area contributed by atoms with Gasteiger partial charge in [0.1, 0.15) is 5.82 Å². The largest absolute Gasteiger partial charge is 0.479 e. The van der Waals surface area contributed by atoms with E-state index >= 15 is 0 Å². The lowest BCUT2D eigenvalue weighted by Gasteiger charge is -2.18. The third-order valence-electron chi connectivity index (χ3n) is 2.96. The fraction of sp³-hybridized carbons (Fsp3) is 0.0769. The number of nitrogens with zero attached hydrogens (tertiary/aromatic N) is 2. The number of hydrogen-bond donors (Lipinski definition) is 0. The highest BCUT2D eigenvalue weighted by Crippen LogP contribution is 2.38. The number of aromatic nitrogens is 2. The molecule has 0 bridgehead atoms. The minimum absolute atomic E-state index is 0.0787. The van der Waals surface area contributed by atoms with E-state index in [9.17, 15) is 14.0 Å². The first-order valence-electron chi connectivity index (χ1n) is 5.42. The maximum atomic E-state index is 13.4. The molecule has 0 spiro atoms. The molecule has 1 aromatic heterocycles. The number of halogens is 1. The number of ether oxygens (including phenoxy) is 1. The molecule has 94 valence electrons. The maximum absolute atomic E-state index is 13.4. The highest BCUT2D eigenvalue weighted by atomic mass is 19.1. The molecular weight excluding hydrogens is 251 g/mol. The Hall–Kier alpha value is -2.63. The van der Waals surface area contributed by atoms with Crippen LogP contribution in [0.1, 0.15) is 20.7 Å². The predicted octanol–water partition coefficient (Wildman–Crippen LogP) is 1.67. The van der Waals surface area contributed by atoms with Crippen LogP contribution in [0.25, 0.3) is 11.1 Å². The van der Waals surface area contributed by atoms with Gasteiger partial charge in [0, 0.05) is 11.1 Å². The van der Waals surface area contributed by atoms with Gasteiger partial charge in [0.25, 0.3) is 0 Å². The van der Waals surface area contributed by atoms with E-state index in [2.05, 4.69) is 10.2 Å². The highest BCUT2D eigenvalue weighted by molar-refractivity contribution is 6.53. The molecule has 0 fully saturated rings. The van der Waals surface area contributed by atoms with Crippen molar-refractivity contribution in [1.29, 1.82) is 0 Å². The van der Waals surface area contributed by atoms with Gasteiger partial charge in [-0.2, -0.15) is 5.10 Å². The minimum Gasteiger partial charge on any atom is -0.479 e. The second-order valence-corrected chi connectivity index (χ2v) is 3.99. The van der Waals surface area contributed by atoms with Gasteiger partial charge < -0.3 is 4.74 Å². The summed E-state index contributed by atoms with van der Waals surface area (Å²) in [5.41, 5.74) is 0.822. The van der Waals surface area contributed by atoms with Gasteiger partial charge in [-0.05, 0) is 18.2 Å². The molecule has 0 saturated carbocycles. The van der Waals surface area contributed by atoms with Crippen molar-refractivity contribution in [2.24, 2.45) is 0 Å². The molecule has 5 nitrogen and oxygen atoms in total. The van der Waals surface area contributed by atoms with Crippen molar-refractivity contribution in [2.45, 2.75) is 0 Å². The Bertz CT molecular complexity index is 728. The Kier molecular flexibility index (Phi) is 2.38. The fourth-order valence-corrected chi connectivity index (χ4v) is 2.11. The lowest BCUT2D eigenvalue weighted by atomic mass is 9.85. The molecule has 1 heterocycles. The normalized spacial score (nSPS) is 12.9. The summed E-state index contributed by atoms with van der Waals surface area (Å²) in [6.45, 7) is 0. The van der Waals surface area contributed by atoms with Gasteiger partial charge in [-0.25, -0.2) is 4.39 Å². The zero-order valence-electron chi connectivity index (χ0n) is 9.81. The first kappa shape index (κ1) is 11.5. The lowest BCUT2D eigenvalue weighted by molar-refractivity contribution is 0.0814. The van der Waals surface area contributed by atoms with Gasteiger partial charge in [0.15, 0.2) is 0 Å². The molecule has 19 heavy (non-hydrogen) atoms. The molecule has 1 aliphatic rings. The molecule has 0 saturated heterocycles. The number of rotatable bonds is 1. The van der Waals surface area contributed by atoms with Crippen molar-refractivity contribution in [3.8, 4) is 17.0 Å². The van der Waals surface area contributed by atoms with Crippen LogP contribution in [0.5, 0.6) is 5.88 Å². The second-order valence-electron chi connectivity index (χ2n) is 3.99. The van der Waals surface area contributed by atoms with Gasteiger partial charge in [-0.1, -0.05) is 0 Å². The van der Waals surface area contributed by atoms with Gasteiger partial charge >= 0.3 is 0 Å². The van der Waals surface area contributed by atoms with E-state index in [-0.39, 0.29) is 17.0 Å². The summed E-state index contributed by atoms with van der Waals surface area (Å²) in [7, 11) is 1.37. The quantitative estimate of drug-likeness (QED) is 0.728. The summed E-state index contributed by atoms with van der Waals surface area (Å²) in [5.74, 6) is -1.80. The minimum atomic E-state index is -0.692. The lowest BCUT2D eigenvalue weighted by Crippen LogP contribution is -2.22. The first-order chi connectivity index (χ1) is 9.13. The van der Waals surface area contributed by atoms with Crippen LogP contribution < -0.4 is 4.74 Å². The van der Waals surface area contributed by atoms with Crippen molar-refractivity contribution in [3.05, 3.63) is 41.3 Å². The topological polar surface area (TPSA) is 69.2 Å². The van der Waals surface area contributed by atoms with Crippen LogP contribution in [0.2, 0.25) is 0 Å². The molecule has 0 N–H and O–H groups in total. The van der Waals surface area contributed by atoms with E-state index in [0.717, 1.165) is 6.07 Å². The summed E-state index contributed by atoms with van der Waals surface area (Å²) >= 11 is 0. The van der Waals surface area contributed by atoms with Crippen LogP contribution in [-0.2, 0) is 0 Å². The van der Waals surface area contributed by atoms with Crippen molar-refractivity contribution in [2.75, 3.05) is 7.11 Å². The Morgan fingerprint density at radius 2 is 1.84 bits per heavy atom. The van der Waals surface area contributed by atoms with E-state index in [4.69, 9.17) is 4.74 Å². The summed E-state index contributed by atoms with van der Waals surface area (Å²) in [6, 6.07) is 3.60. The van der Waals surface area contributed by atoms with Gasteiger partial charge in [-0.15, -0.1) is 5.10 Å². The van der Waals surface area contributed by atoms with Crippen molar-refractivity contribution in [1.82, 2.24) is 10.2 Å². The average Bonchev–Trinajstić information content (AvgIpc) is 2.43. The van der Waals surface area contributed by atoms with Crippen LogP contribution in [0.3, 0.4) is 0 Å². The van der Waals surface area contributed by atoms with Crippen LogP contribution in [0.15, 0.2) is 24.4 Å². The van der Waals surface area contributed by atoms with Crippen LogP contribution in [0.4, 0.5) is 4.39 Å². The SMILES string of the molecule is COc1nncc2c1-c1cc(F)ccc1C(=O)C2=O. The summed E-state index contributed by atoms with van der Waals surface area (Å²) in [6.07, 6.45) is 1.19. The number of hydrogen-bond acceptors (Lipinski definition) is 5. The molecule has 1 aromatic carbocycles. The highest BCUT2D eigenvalue weighted by Gasteiger charge is 2.33. The maximum Gasteiger partial charge on any atom is 0.241 e. The molecule has 6 heteroatoms. The van der Waals surface area contributed by atoms with E-state index in [1.807, 2.05) is 0 Å². The second kappa shape index (κ2) is 3.94. The number of ketones is 2. The average molecular weight is 258 g/mol. The number of methoxy groups -OCH3 is 1. The number of carbonyl (C=O) groups excluding carboxylic acids is 2. The molecule has 0 radical (unpaired) electrons. The molecule has 0 unspecified atom stereocenters. The number of fused-ring (bicyclic) bond motifs is 3. The Balaban J connectivity index is 2.43. The molecule has 1 aliphatic carbocycles. The van der Waals surface area contributed by atoms with E-state index in [1.54, 1.807) is 0 Å². The zero-order chi connectivity index (χ0) is 13.6. The monoisotopic (exact) mass is 258 g/mol. The molecule has 0 atom stereocenters. The molecule has 3 rings (SSSR count). The van der Waals surface area contributed by atoms with E-state index in [1.165, 1.54) is 25.4 Å². The number of carbonyl (C=O) groups is 2. The van der Waals surface area contributed by atoms with Gasteiger partial charge in [0.2, 0.25) is 17.4 Å². The fourth-order valence-electron chi connectivity index (χ4n) is 2.11.